The van der Waals surface area contributed by atoms with E-state index in [1.54, 1.807) is 7.11 Å². The average molecular weight is 186 g/mol. The third-order valence-corrected chi connectivity index (χ3v) is 2.30. The van der Waals surface area contributed by atoms with E-state index in [4.69, 9.17) is 22.1 Å². The highest BCUT2D eigenvalue weighted by Gasteiger charge is 2.09. The molecule has 0 unspecified atom stereocenters. The molecule has 0 aliphatic heterocycles. The van der Waals surface area contributed by atoms with Crippen LogP contribution in [0.2, 0.25) is 5.02 Å². The number of methoxy groups -OCH3 is 1. The molecule has 0 fully saturated rings. The molecule has 2 nitrogen and oxygen atoms in total. The molecule has 66 valence electrons. The lowest BCUT2D eigenvalue weighted by Gasteiger charge is -2.11. The van der Waals surface area contributed by atoms with Gasteiger partial charge in [-0.1, -0.05) is 11.6 Å². The molecule has 0 aliphatic carbocycles. The van der Waals surface area contributed by atoms with E-state index in [2.05, 4.69) is 0 Å². The largest absolute Gasteiger partial charge is 0.494 e. The molecule has 0 aliphatic rings. The fraction of sp³-hybridized carbons (Fsp3) is 0.333. The van der Waals surface area contributed by atoms with E-state index in [-0.39, 0.29) is 0 Å². The smallest absolute Gasteiger partial charge is 0.145 e. The van der Waals surface area contributed by atoms with Crippen molar-refractivity contribution < 1.29 is 4.74 Å². The van der Waals surface area contributed by atoms with Crippen LogP contribution in [-0.2, 0) is 0 Å². The van der Waals surface area contributed by atoms with Gasteiger partial charge in [-0.2, -0.15) is 0 Å². The van der Waals surface area contributed by atoms with Gasteiger partial charge >= 0.3 is 0 Å². The van der Waals surface area contributed by atoms with Crippen LogP contribution in [0.3, 0.4) is 0 Å². The van der Waals surface area contributed by atoms with Gasteiger partial charge in [0.15, 0.2) is 0 Å². The summed E-state index contributed by atoms with van der Waals surface area (Å²) in [5, 5.41) is 0.686. The van der Waals surface area contributed by atoms with Crippen molar-refractivity contribution in [3.63, 3.8) is 0 Å². The molecule has 0 amide bonds. The number of nitrogens with two attached hydrogens (primary N) is 1. The highest BCUT2D eigenvalue weighted by molar-refractivity contribution is 6.31. The molecule has 12 heavy (non-hydrogen) atoms. The second-order valence-electron chi connectivity index (χ2n) is 2.75. The van der Waals surface area contributed by atoms with Crippen LogP contribution in [0.15, 0.2) is 6.07 Å². The van der Waals surface area contributed by atoms with Crippen LogP contribution < -0.4 is 10.5 Å². The summed E-state index contributed by atoms with van der Waals surface area (Å²) >= 11 is 5.91. The number of rotatable bonds is 1. The van der Waals surface area contributed by atoms with Gasteiger partial charge in [-0.15, -0.1) is 0 Å². The Morgan fingerprint density at radius 2 is 2.00 bits per heavy atom. The highest BCUT2D eigenvalue weighted by atomic mass is 35.5. The first-order valence-electron chi connectivity index (χ1n) is 3.67. The molecule has 1 aromatic rings. The molecule has 1 aromatic carbocycles. The van der Waals surface area contributed by atoms with Gasteiger partial charge in [0.25, 0.3) is 0 Å². The van der Waals surface area contributed by atoms with E-state index in [1.165, 1.54) is 0 Å². The van der Waals surface area contributed by atoms with Crippen molar-refractivity contribution in [1.82, 2.24) is 0 Å². The Labute approximate surface area is 77.3 Å². The van der Waals surface area contributed by atoms with Crippen molar-refractivity contribution in [3.05, 3.63) is 22.2 Å². The summed E-state index contributed by atoms with van der Waals surface area (Å²) in [5.74, 6) is 0.719. The van der Waals surface area contributed by atoms with Gasteiger partial charge in [0.2, 0.25) is 0 Å². The minimum Gasteiger partial charge on any atom is -0.494 e. The fourth-order valence-electron chi connectivity index (χ4n) is 1.15. The third kappa shape index (κ3) is 1.34. The Bertz CT molecular complexity index is 310. The lowest BCUT2D eigenvalue weighted by atomic mass is 10.1. The second kappa shape index (κ2) is 3.23. The summed E-state index contributed by atoms with van der Waals surface area (Å²) < 4.78 is 5.13. The maximum Gasteiger partial charge on any atom is 0.145 e. The molecule has 3 heteroatoms. The summed E-state index contributed by atoms with van der Waals surface area (Å²) in [6.07, 6.45) is 0. The number of hydrogen-bond acceptors (Lipinski definition) is 2. The predicted octanol–water partition coefficient (Wildman–Crippen LogP) is 2.55. The monoisotopic (exact) mass is 185 g/mol. The van der Waals surface area contributed by atoms with Gasteiger partial charge in [-0.05, 0) is 31.0 Å². The number of anilines is 1. The molecular formula is C9H12ClNO. The molecule has 2 N–H and O–H groups in total. The molecule has 0 saturated carbocycles. The van der Waals surface area contributed by atoms with Crippen LogP contribution >= 0.6 is 11.6 Å². The minimum absolute atomic E-state index is 0.627. The van der Waals surface area contributed by atoms with Crippen molar-refractivity contribution in [3.8, 4) is 5.75 Å². The van der Waals surface area contributed by atoms with E-state index in [0.29, 0.717) is 10.7 Å². The highest BCUT2D eigenvalue weighted by Crippen LogP contribution is 2.33. The standard InChI is InChI=1S/C9H12ClNO/c1-5-4-7(10)6(2)8(11)9(5)12-3/h4H,11H2,1-3H3. The van der Waals surface area contributed by atoms with Crippen molar-refractivity contribution in [2.75, 3.05) is 12.8 Å². The van der Waals surface area contributed by atoms with Gasteiger partial charge in [-0.25, -0.2) is 0 Å². The van der Waals surface area contributed by atoms with Gasteiger partial charge in [0.05, 0.1) is 12.8 Å². The number of nitrogen functional groups attached to an aromatic ring is 1. The van der Waals surface area contributed by atoms with E-state index >= 15 is 0 Å². The molecule has 0 radical (unpaired) electrons. The number of halogens is 1. The number of hydrogen-bond donors (Lipinski definition) is 1. The molecule has 0 spiro atoms. The maximum atomic E-state index is 5.91. The van der Waals surface area contributed by atoms with Gasteiger partial charge < -0.3 is 10.5 Å². The van der Waals surface area contributed by atoms with Crippen LogP contribution in [0.5, 0.6) is 5.75 Å². The Kier molecular flexibility index (Phi) is 2.48. The lowest BCUT2D eigenvalue weighted by molar-refractivity contribution is 0.413. The third-order valence-electron chi connectivity index (χ3n) is 1.91. The van der Waals surface area contributed by atoms with Gasteiger partial charge in [0.1, 0.15) is 5.75 Å². The van der Waals surface area contributed by atoms with Crippen molar-refractivity contribution >= 4 is 17.3 Å². The summed E-state index contributed by atoms with van der Waals surface area (Å²) in [6.45, 7) is 3.79. The average Bonchev–Trinajstić information content (AvgIpc) is 2.01. The van der Waals surface area contributed by atoms with Crippen LogP contribution in [0, 0.1) is 13.8 Å². The van der Waals surface area contributed by atoms with Crippen LogP contribution in [0.1, 0.15) is 11.1 Å². The fourth-order valence-corrected chi connectivity index (χ4v) is 1.41. The summed E-state index contributed by atoms with van der Waals surface area (Å²) in [5.41, 5.74) is 8.25. The first kappa shape index (κ1) is 9.20. The molecular weight excluding hydrogens is 174 g/mol. The number of aryl methyl sites for hydroxylation is 1. The molecule has 0 bridgehead atoms. The zero-order valence-corrected chi connectivity index (χ0v) is 8.20. The van der Waals surface area contributed by atoms with E-state index in [9.17, 15) is 0 Å². The molecule has 0 atom stereocenters. The molecule has 0 aromatic heterocycles. The van der Waals surface area contributed by atoms with E-state index in [1.807, 2.05) is 19.9 Å². The minimum atomic E-state index is 0.627. The zero-order valence-electron chi connectivity index (χ0n) is 7.44. The first-order valence-corrected chi connectivity index (χ1v) is 4.05. The number of benzene rings is 1. The SMILES string of the molecule is COc1c(C)cc(Cl)c(C)c1N. The number of ether oxygens (including phenoxy) is 1. The maximum absolute atomic E-state index is 5.91. The van der Waals surface area contributed by atoms with Crippen molar-refractivity contribution in [2.45, 2.75) is 13.8 Å². The summed E-state index contributed by atoms with van der Waals surface area (Å²) in [6, 6.07) is 1.85. The second-order valence-corrected chi connectivity index (χ2v) is 3.15. The quantitative estimate of drug-likeness (QED) is 0.683. The topological polar surface area (TPSA) is 35.2 Å². The Balaban J connectivity index is 3.40. The van der Waals surface area contributed by atoms with E-state index in [0.717, 1.165) is 16.9 Å². The zero-order chi connectivity index (χ0) is 9.30. The van der Waals surface area contributed by atoms with Crippen LogP contribution in [-0.4, -0.2) is 7.11 Å². The molecule has 0 heterocycles. The Morgan fingerprint density at radius 1 is 1.42 bits per heavy atom. The lowest BCUT2D eigenvalue weighted by Crippen LogP contribution is -1.98. The molecule has 0 saturated heterocycles. The first-order chi connectivity index (χ1) is 5.57. The van der Waals surface area contributed by atoms with Crippen molar-refractivity contribution in [1.29, 1.82) is 0 Å². The predicted molar refractivity (Wildman–Crippen MR) is 51.9 cm³/mol. The Hall–Kier alpha value is -0.890. The van der Waals surface area contributed by atoms with Gasteiger partial charge in [0, 0.05) is 5.02 Å². The van der Waals surface area contributed by atoms with E-state index < -0.39 is 0 Å². The summed E-state index contributed by atoms with van der Waals surface area (Å²) in [4.78, 5) is 0. The normalized spacial score (nSPS) is 10.0. The Morgan fingerprint density at radius 3 is 2.50 bits per heavy atom. The van der Waals surface area contributed by atoms with Gasteiger partial charge in [-0.3, -0.25) is 0 Å². The molecule has 1 rings (SSSR count). The summed E-state index contributed by atoms with van der Waals surface area (Å²) in [7, 11) is 1.60. The van der Waals surface area contributed by atoms with Crippen LogP contribution in [0.25, 0.3) is 0 Å². The van der Waals surface area contributed by atoms with Crippen molar-refractivity contribution in [2.24, 2.45) is 0 Å². The van der Waals surface area contributed by atoms with Crippen LogP contribution in [0.4, 0.5) is 5.69 Å².